The lowest BCUT2D eigenvalue weighted by atomic mass is 10.0. The zero-order valence-corrected chi connectivity index (χ0v) is 11.3. The van der Waals surface area contributed by atoms with Gasteiger partial charge in [0.25, 0.3) is 0 Å². The fourth-order valence-corrected chi connectivity index (χ4v) is 2.51. The molecule has 0 saturated heterocycles. The molecular weight excluding hydrogens is 253 g/mol. The summed E-state index contributed by atoms with van der Waals surface area (Å²) < 4.78 is 19.5. The summed E-state index contributed by atoms with van der Waals surface area (Å²) in [6, 6.07) is 12.8. The summed E-state index contributed by atoms with van der Waals surface area (Å²) >= 11 is 0. The van der Waals surface area contributed by atoms with Gasteiger partial charge in [-0.2, -0.15) is 0 Å². The van der Waals surface area contributed by atoms with E-state index in [1.165, 1.54) is 12.1 Å². The molecule has 0 amide bonds. The van der Waals surface area contributed by atoms with E-state index in [0.29, 0.717) is 6.42 Å². The van der Waals surface area contributed by atoms with Gasteiger partial charge in [0, 0.05) is 17.0 Å². The molecule has 2 N–H and O–H groups in total. The highest BCUT2D eigenvalue weighted by Gasteiger charge is 2.14. The Kier molecular flexibility index (Phi) is 3.28. The van der Waals surface area contributed by atoms with Crippen LogP contribution in [0.4, 0.5) is 4.39 Å². The summed E-state index contributed by atoms with van der Waals surface area (Å²) in [4.78, 5) is 0. The molecule has 20 heavy (non-hydrogen) atoms. The molecule has 0 saturated carbocycles. The lowest BCUT2D eigenvalue weighted by Gasteiger charge is -2.06. The third-order valence-corrected chi connectivity index (χ3v) is 3.34. The van der Waals surface area contributed by atoms with Crippen molar-refractivity contribution in [2.45, 2.75) is 19.4 Å². The largest absolute Gasteiger partial charge is 0.463 e. The van der Waals surface area contributed by atoms with Crippen LogP contribution in [0.3, 0.4) is 0 Å². The van der Waals surface area contributed by atoms with Crippen molar-refractivity contribution in [2.24, 2.45) is 5.73 Å². The first-order valence-corrected chi connectivity index (χ1v) is 6.66. The van der Waals surface area contributed by atoms with Gasteiger partial charge < -0.3 is 10.2 Å². The minimum absolute atomic E-state index is 0.0368. The highest BCUT2D eigenvalue weighted by atomic mass is 19.1. The van der Waals surface area contributed by atoms with E-state index in [1.807, 2.05) is 37.3 Å². The van der Waals surface area contributed by atoms with Crippen molar-refractivity contribution < 1.29 is 8.81 Å². The summed E-state index contributed by atoms with van der Waals surface area (Å²) in [6.45, 7) is 1.90. The second-order valence-electron chi connectivity index (χ2n) is 5.14. The fraction of sp³-hybridized carbons (Fsp3) is 0.176. The maximum Gasteiger partial charge on any atom is 0.137 e. The average molecular weight is 269 g/mol. The van der Waals surface area contributed by atoms with Gasteiger partial charge in [-0.25, -0.2) is 4.39 Å². The Morgan fingerprint density at radius 2 is 1.95 bits per heavy atom. The Hall–Kier alpha value is -2.13. The predicted octanol–water partition coefficient (Wildman–Crippen LogP) is 4.13. The second kappa shape index (κ2) is 5.10. The van der Waals surface area contributed by atoms with Crippen LogP contribution >= 0.6 is 0 Å². The number of hydrogen-bond donors (Lipinski definition) is 1. The molecule has 0 aliphatic heterocycles. The standard InChI is InChI=1S/C17H16FNO/c1-11(19)7-13-8-14(18)9-15-16(10-20-17(13)15)12-5-3-2-4-6-12/h2-6,8-11H,7,19H2,1H3. The first-order chi connectivity index (χ1) is 9.65. The van der Waals surface area contributed by atoms with Gasteiger partial charge in [0.15, 0.2) is 0 Å². The van der Waals surface area contributed by atoms with Crippen molar-refractivity contribution in [1.82, 2.24) is 0 Å². The zero-order chi connectivity index (χ0) is 14.1. The molecule has 3 heteroatoms. The van der Waals surface area contributed by atoms with E-state index in [0.717, 1.165) is 27.7 Å². The number of hydrogen-bond acceptors (Lipinski definition) is 2. The Bertz CT molecular complexity index is 731. The van der Waals surface area contributed by atoms with Gasteiger partial charge in [-0.05, 0) is 36.6 Å². The fourth-order valence-electron chi connectivity index (χ4n) is 2.51. The Labute approximate surface area is 117 Å². The summed E-state index contributed by atoms with van der Waals surface area (Å²) in [7, 11) is 0. The van der Waals surface area contributed by atoms with Crippen molar-refractivity contribution in [3.8, 4) is 11.1 Å². The quantitative estimate of drug-likeness (QED) is 0.776. The van der Waals surface area contributed by atoms with Crippen molar-refractivity contribution in [1.29, 1.82) is 0 Å². The maximum atomic E-state index is 13.8. The first kappa shape index (κ1) is 12.9. The van der Waals surface area contributed by atoms with E-state index in [1.54, 1.807) is 6.26 Å². The van der Waals surface area contributed by atoms with Gasteiger partial charge in [0.1, 0.15) is 11.4 Å². The van der Waals surface area contributed by atoms with E-state index in [4.69, 9.17) is 10.2 Å². The van der Waals surface area contributed by atoms with E-state index in [2.05, 4.69) is 0 Å². The van der Waals surface area contributed by atoms with Crippen LogP contribution in [0.15, 0.2) is 53.1 Å². The lowest BCUT2D eigenvalue weighted by Crippen LogP contribution is -2.17. The summed E-state index contributed by atoms with van der Waals surface area (Å²) in [5.41, 5.74) is 9.29. The van der Waals surface area contributed by atoms with Gasteiger partial charge in [-0.15, -0.1) is 0 Å². The van der Waals surface area contributed by atoms with Crippen LogP contribution in [-0.4, -0.2) is 6.04 Å². The molecule has 0 aliphatic rings. The van der Waals surface area contributed by atoms with Gasteiger partial charge >= 0.3 is 0 Å². The zero-order valence-electron chi connectivity index (χ0n) is 11.3. The first-order valence-electron chi connectivity index (χ1n) is 6.66. The third kappa shape index (κ3) is 2.32. The Morgan fingerprint density at radius 1 is 1.20 bits per heavy atom. The second-order valence-corrected chi connectivity index (χ2v) is 5.14. The number of benzene rings is 2. The number of fused-ring (bicyclic) bond motifs is 1. The summed E-state index contributed by atoms with van der Waals surface area (Å²) in [5, 5.41) is 0.798. The smallest absolute Gasteiger partial charge is 0.137 e. The van der Waals surface area contributed by atoms with Crippen LogP contribution in [0, 0.1) is 5.82 Å². The molecule has 0 fully saturated rings. The van der Waals surface area contributed by atoms with Crippen LogP contribution in [0.25, 0.3) is 22.1 Å². The third-order valence-electron chi connectivity index (χ3n) is 3.34. The summed E-state index contributed by atoms with van der Waals surface area (Å²) in [6.07, 6.45) is 2.28. The number of nitrogens with two attached hydrogens (primary N) is 1. The van der Waals surface area contributed by atoms with Gasteiger partial charge in [-0.1, -0.05) is 30.3 Å². The van der Waals surface area contributed by atoms with Crippen molar-refractivity contribution in [3.05, 3.63) is 60.1 Å². The van der Waals surface area contributed by atoms with Crippen LogP contribution in [-0.2, 0) is 6.42 Å². The predicted molar refractivity (Wildman–Crippen MR) is 79.0 cm³/mol. The average Bonchev–Trinajstić information content (AvgIpc) is 2.82. The highest BCUT2D eigenvalue weighted by molar-refractivity contribution is 5.95. The molecule has 0 radical (unpaired) electrons. The van der Waals surface area contributed by atoms with Crippen LogP contribution in [0.2, 0.25) is 0 Å². The maximum absolute atomic E-state index is 13.8. The molecule has 2 aromatic carbocycles. The Balaban J connectivity index is 2.20. The molecule has 0 spiro atoms. The molecule has 0 aliphatic carbocycles. The van der Waals surface area contributed by atoms with E-state index in [9.17, 15) is 4.39 Å². The molecule has 2 nitrogen and oxygen atoms in total. The number of furan rings is 1. The molecule has 3 aromatic rings. The number of halogens is 1. The molecule has 3 rings (SSSR count). The molecule has 0 bridgehead atoms. The van der Waals surface area contributed by atoms with E-state index in [-0.39, 0.29) is 11.9 Å². The molecular formula is C17H16FNO. The molecule has 1 heterocycles. The monoisotopic (exact) mass is 269 g/mol. The normalized spacial score (nSPS) is 12.8. The molecule has 1 aromatic heterocycles. The van der Waals surface area contributed by atoms with Crippen molar-refractivity contribution in [2.75, 3.05) is 0 Å². The topological polar surface area (TPSA) is 39.2 Å². The van der Waals surface area contributed by atoms with Gasteiger partial charge in [0.2, 0.25) is 0 Å². The lowest BCUT2D eigenvalue weighted by molar-refractivity contribution is 0.598. The Morgan fingerprint density at radius 3 is 2.65 bits per heavy atom. The van der Waals surface area contributed by atoms with E-state index >= 15 is 0 Å². The molecule has 1 unspecified atom stereocenters. The molecule has 102 valence electrons. The van der Waals surface area contributed by atoms with Crippen LogP contribution < -0.4 is 5.73 Å². The van der Waals surface area contributed by atoms with Crippen LogP contribution in [0.1, 0.15) is 12.5 Å². The SMILES string of the molecule is CC(N)Cc1cc(F)cc2c(-c3ccccc3)coc12. The minimum atomic E-state index is -0.258. The van der Waals surface area contributed by atoms with Gasteiger partial charge in [-0.3, -0.25) is 0 Å². The summed E-state index contributed by atoms with van der Waals surface area (Å²) in [5.74, 6) is -0.258. The minimum Gasteiger partial charge on any atom is -0.463 e. The highest BCUT2D eigenvalue weighted by Crippen LogP contribution is 2.33. The number of rotatable bonds is 3. The van der Waals surface area contributed by atoms with Crippen molar-refractivity contribution >= 4 is 11.0 Å². The van der Waals surface area contributed by atoms with Crippen LogP contribution in [0.5, 0.6) is 0 Å². The molecule has 1 atom stereocenters. The van der Waals surface area contributed by atoms with Crippen molar-refractivity contribution in [3.63, 3.8) is 0 Å². The van der Waals surface area contributed by atoms with Gasteiger partial charge in [0.05, 0.1) is 6.26 Å². The van der Waals surface area contributed by atoms with E-state index < -0.39 is 0 Å².